The monoisotopic (exact) mass is 182 g/mol. The molecular weight excluding hydrogens is 168 g/mol. The Morgan fingerprint density at radius 2 is 2.42 bits per heavy atom. The molecule has 0 amide bonds. The van der Waals surface area contributed by atoms with Crippen molar-refractivity contribution in [1.82, 2.24) is 0 Å². The summed E-state index contributed by atoms with van der Waals surface area (Å²) in [5.41, 5.74) is 0. The van der Waals surface area contributed by atoms with Crippen LogP contribution in [-0.2, 0) is 4.79 Å². The molecule has 1 aromatic heterocycles. The van der Waals surface area contributed by atoms with Crippen molar-refractivity contribution in [3.63, 3.8) is 0 Å². The Bertz CT molecular complexity index is 238. The minimum atomic E-state index is 0.290. The Hall–Kier alpha value is -0.630. The molecule has 0 aliphatic carbocycles. The van der Waals surface area contributed by atoms with Gasteiger partial charge in [-0.15, -0.1) is 11.3 Å². The minimum absolute atomic E-state index is 0.290. The van der Waals surface area contributed by atoms with Gasteiger partial charge in [-0.3, -0.25) is 0 Å². The van der Waals surface area contributed by atoms with E-state index in [0.717, 1.165) is 6.42 Å². The lowest BCUT2D eigenvalue weighted by atomic mass is 10.0. The summed E-state index contributed by atoms with van der Waals surface area (Å²) in [6.07, 6.45) is 1.69. The number of ketones is 1. The van der Waals surface area contributed by atoms with E-state index in [0.29, 0.717) is 18.1 Å². The Balaban J connectivity index is 2.39. The van der Waals surface area contributed by atoms with Gasteiger partial charge in [0.1, 0.15) is 5.78 Å². The van der Waals surface area contributed by atoms with E-state index in [1.807, 2.05) is 0 Å². The lowest BCUT2D eigenvalue weighted by molar-refractivity contribution is -0.117. The zero-order valence-electron chi connectivity index (χ0n) is 7.54. The fourth-order valence-corrected chi connectivity index (χ4v) is 1.96. The number of hydrogen-bond acceptors (Lipinski definition) is 2. The topological polar surface area (TPSA) is 17.1 Å². The van der Waals surface area contributed by atoms with Crippen molar-refractivity contribution < 1.29 is 4.79 Å². The van der Waals surface area contributed by atoms with Crippen LogP contribution in [0.3, 0.4) is 0 Å². The standard InChI is InChI=1S/C10H14OS/c1-8(5-6-9(2)11)10-4-3-7-12-10/h3-4,7-8H,5-6H2,1-2H3. The average molecular weight is 182 g/mol. The normalized spacial score (nSPS) is 12.8. The molecule has 66 valence electrons. The fraction of sp³-hybridized carbons (Fsp3) is 0.500. The quantitative estimate of drug-likeness (QED) is 0.698. The van der Waals surface area contributed by atoms with Gasteiger partial charge in [-0.05, 0) is 30.7 Å². The minimum Gasteiger partial charge on any atom is -0.300 e. The molecule has 0 fully saturated rings. The number of carbonyl (C=O) groups excluding carboxylic acids is 1. The van der Waals surface area contributed by atoms with Gasteiger partial charge < -0.3 is 4.79 Å². The second kappa shape index (κ2) is 4.41. The van der Waals surface area contributed by atoms with Gasteiger partial charge in [-0.1, -0.05) is 13.0 Å². The summed E-state index contributed by atoms with van der Waals surface area (Å²) in [6, 6.07) is 4.19. The highest BCUT2D eigenvalue weighted by Gasteiger charge is 2.06. The smallest absolute Gasteiger partial charge is 0.129 e. The van der Waals surface area contributed by atoms with Gasteiger partial charge in [0.15, 0.2) is 0 Å². The molecule has 0 bridgehead atoms. The summed E-state index contributed by atoms with van der Waals surface area (Å²) >= 11 is 1.77. The molecule has 1 nitrogen and oxygen atoms in total. The summed E-state index contributed by atoms with van der Waals surface area (Å²) in [5.74, 6) is 0.826. The van der Waals surface area contributed by atoms with E-state index in [1.165, 1.54) is 4.88 Å². The Morgan fingerprint density at radius 3 is 2.92 bits per heavy atom. The molecule has 0 aromatic carbocycles. The van der Waals surface area contributed by atoms with E-state index in [2.05, 4.69) is 24.4 Å². The van der Waals surface area contributed by atoms with Gasteiger partial charge in [-0.25, -0.2) is 0 Å². The molecule has 1 unspecified atom stereocenters. The Morgan fingerprint density at radius 1 is 1.67 bits per heavy atom. The van der Waals surface area contributed by atoms with Gasteiger partial charge in [0.25, 0.3) is 0 Å². The predicted molar refractivity (Wildman–Crippen MR) is 52.6 cm³/mol. The zero-order valence-corrected chi connectivity index (χ0v) is 8.36. The van der Waals surface area contributed by atoms with Crippen LogP contribution in [0.25, 0.3) is 0 Å². The van der Waals surface area contributed by atoms with Gasteiger partial charge in [-0.2, -0.15) is 0 Å². The maximum atomic E-state index is 10.7. The van der Waals surface area contributed by atoms with Gasteiger partial charge in [0.05, 0.1) is 0 Å². The van der Waals surface area contributed by atoms with E-state index in [1.54, 1.807) is 18.3 Å². The third kappa shape index (κ3) is 2.78. The molecule has 0 aliphatic heterocycles. The van der Waals surface area contributed by atoms with E-state index >= 15 is 0 Å². The molecule has 12 heavy (non-hydrogen) atoms. The van der Waals surface area contributed by atoms with Gasteiger partial charge in [0, 0.05) is 11.3 Å². The van der Waals surface area contributed by atoms with Crippen molar-refractivity contribution in [3.8, 4) is 0 Å². The second-order valence-corrected chi connectivity index (χ2v) is 4.14. The summed E-state index contributed by atoms with van der Waals surface area (Å²) < 4.78 is 0. The molecule has 0 saturated carbocycles. The van der Waals surface area contributed by atoms with Crippen LogP contribution in [0.4, 0.5) is 0 Å². The van der Waals surface area contributed by atoms with Crippen LogP contribution in [-0.4, -0.2) is 5.78 Å². The first kappa shape index (κ1) is 9.46. The van der Waals surface area contributed by atoms with E-state index in [4.69, 9.17) is 0 Å². The molecule has 2 heteroatoms. The molecule has 0 radical (unpaired) electrons. The molecule has 1 rings (SSSR count). The summed E-state index contributed by atoms with van der Waals surface area (Å²) in [4.78, 5) is 12.1. The van der Waals surface area contributed by atoms with Gasteiger partial charge in [0.2, 0.25) is 0 Å². The second-order valence-electron chi connectivity index (χ2n) is 3.16. The zero-order chi connectivity index (χ0) is 8.97. The van der Waals surface area contributed by atoms with E-state index < -0.39 is 0 Å². The number of Topliss-reactive ketones (excluding diaryl/α,β-unsaturated/α-hetero) is 1. The first-order valence-electron chi connectivity index (χ1n) is 4.23. The predicted octanol–water partition coefficient (Wildman–Crippen LogP) is 3.22. The molecule has 1 atom stereocenters. The lowest BCUT2D eigenvalue weighted by Crippen LogP contribution is -1.95. The number of carbonyl (C=O) groups is 1. The van der Waals surface area contributed by atoms with Gasteiger partial charge >= 0.3 is 0 Å². The maximum absolute atomic E-state index is 10.7. The van der Waals surface area contributed by atoms with Crippen LogP contribution in [0.5, 0.6) is 0 Å². The van der Waals surface area contributed by atoms with Crippen molar-refractivity contribution in [1.29, 1.82) is 0 Å². The maximum Gasteiger partial charge on any atom is 0.129 e. The third-order valence-corrected chi connectivity index (χ3v) is 3.06. The fourth-order valence-electron chi connectivity index (χ4n) is 1.13. The summed E-state index contributed by atoms with van der Waals surface area (Å²) in [5, 5.41) is 2.08. The van der Waals surface area contributed by atoms with Crippen LogP contribution < -0.4 is 0 Å². The number of rotatable bonds is 4. The highest BCUT2D eigenvalue weighted by Crippen LogP contribution is 2.24. The van der Waals surface area contributed by atoms with Crippen LogP contribution in [0.1, 0.15) is 37.5 Å². The van der Waals surface area contributed by atoms with Crippen molar-refractivity contribution in [2.75, 3.05) is 0 Å². The van der Waals surface area contributed by atoms with Crippen LogP contribution >= 0.6 is 11.3 Å². The number of hydrogen-bond donors (Lipinski definition) is 0. The first-order valence-corrected chi connectivity index (χ1v) is 5.11. The largest absolute Gasteiger partial charge is 0.300 e. The van der Waals surface area contributed by atoms with Crippen molar-refractivity contribution in [2.24, 2.45) is 0 Å². The summed E-state index contributed by atoms with van der Waals surface area (Å²) in [7, 11) is 0. The summed E-state index contributed by atoms with van der Waals surface area (Å²) in [6.45, 7) is 3.83. The molecule has 1 aromatic rings. The molecule has 0 N–H and O–H groups in total. The molecule has 1 heterocycles. The van der Waals surface area contributed by atoms with Crippen LogP contribution in [0.2, 0.25) is 0 Å². The molecular formula is C10H14OS. The molecule has 0 saturated heterocycles. The number of thiophene rings is 1. The third-order valence-electron chi connectivity index (χ3n) is 1.96. The lowest BCUT2D eigenvalue weighted by Gasteiger charge is -2.06. The average Bonchev–Trinajstić information content (AvgIpc) is 2.51. The van der Waals surface area contributed by atoms with Crippen molar-refractivity contribution in [2.45, 2.75) is 32.6 Å². The van der Waals surface area contributed by atoms with Crippen LogP contribution in [0.15, 0.2) is 17.5 Å². The van der Waals surface area contributed by atoms with E-state index in [9.17, 15) is 4.79 Å². The Kier molecular flexibility index (Phi) is 3.48. The molecule has 0 spiro atoms. The van der Waals surface area contributed by atoms with Crippen molar-refractivity contribution in [3.05, 3.63) is 22.4 Å². The first-order chi connectivity index (χ1) is 5.70. The SMILES string of the molecule is CC(=O)CCC(C)c1cccs1. The Labute approximate surface area is 77.4 Å². The highest BCUT2D eigenvalue weighted by atomic mass is 32.1. The van der Waals surface area contributed by atoms with E-state index in [-0.39, 0.29) is 0 Å². The van der Waals surface area contributed by atoms with Crippen LogP contribution in [0, 0.1) is 0 Å². The van der Waals surface area contributed by atoms with Crippen molar-refractivity contribution >= 4 is 17.1 Å². The highest BCUT2D eigenvalue weighted by molar-refractivity contribution is 7.10. The molecule has 0 aliphatic rings.